The Bertz CT molecular complexity index is 2580. The molecule has 6 heterocycles. The number of pyridine rings is 1. The molecular weight excluding hydrogens is 854 g/mol. The zero-order valence-corrected chi connectivity index (χ0v) is 38.0. The maximum absolute atomic E-state index is 13.5. The third-order valence-corrected chi connectivity index (χ3v) is 13.9. The first kappa shape index (κ1) is 44.3. The molecule has 17 nitrogen and oxygen atoms in total. The fourth-order valence-corrected chi connectivity index (χ4v) is 10.3. The molecule has 1 atom stereocenters. The highest BCUT2D eigenvalue weighted by atomic mass is 35.5. The maximum Gasteiger partial charge on any atom is 0.293 e. The quantitative estimate of drug-likeness (QED) is 0.143. The first-order valence-corrected chi connectivity index (χ1v) is 23.1. The predicted molar refractivity (Wildman–Crippen MR) is 245 cm³/mol. The highest BCUT2D eigenvalue weighted by molar-refractivity contribution is 6.33. The SMILES string of the molecule is CCOc1c(N2CC3(CCC(OC4CCN(c5ncc(Cl)c(Nc6ccc7c(c6)cc(OCC(=O)NC)c(=O)n7C(C)C)n5)CC4)CC3)C2)ccc2c1CN(C1CCC(=O)NC1=O)C2=O. The van der Waals surface area contributed by atoms with E-state index >= 15 is 0 Å². The molecule has 2 aromatic carbocycles. The van der Waals surface area contributed by atoms with Crippen molar-refractivity contribution in [2.75, 3.05) is 61.6 Å². The molecular formula is C47H56ClN9O8. The fraction of sp³-hybridized carbons (Fsp3) is 0.511. The summed E-state index contributed by atoms with van der Waals surface area (Å²) in [5.41, 5.74) is 3.71. The van der Waals surface area contributed by atoms with Gasteiger partial charge in [-0.2, -0.15) is 4.98 Å². The Kier molecular flexibility index (Phi) is 12.4. The van der Waals surface area contributed by atoms with Crippen molar-refractivity contribution in [2.45, 2.75) is 103 Å². The number of fused-ring (bicyclic) bond motifs is 2. The first-order valence-electron chi connectivity index (χ1n) is 22.7. The third kappa shape index (κ3) is 8.79. The summed E-state index contributed by atoms with van der Waals surface area (Å²) in [4.78, 5) is 78.5. The number of likely N-dealkylation sites (N-methyl/N-ethyl adjacent to an activating group) is 1. The van der Waals surface area contributed by atoms with Crippen LogP contribution in [-0.2, 0) is 25.7 Å². The van der Waals surface area contributed by atoms with Crippen molar-refractivity contribution in [3.8, 4) is 11.5 Å². The summed E-state index contributed by atoms with van der Waals surface area (Å²) < 4.78 is 20.2. The molecule has 4 amide bonds. The van der Waals surface area contributed by atoms with Crippen LogP contribution in [0, 0.1) is 5.41 Å². The Morgan fingerprint density at radius 2 is 1.72 bits per heavy atom. The predicted octanol–water partition coefficient (Wildman–Crippen LogP) is 5.49. The molecule has 1 aliphatic carbocycles. The van der Waals surface area contributed by atoms with E-state index in [-0.39, 0.29) is 72.3 Å². The molecule has 4 aliphatic heterocycles. The van der Waals surface area contributed by atoms with E-state index in [1.165, 1.54) is 7.05 Å². The number of hydrogen-bond acceptors (Lipinski definition) is 13. The number of ether oxygens (including phenoxy) is 3. The van der Waals surface area contributed by atoms with Gasteiger partial charge in [0.25, 0.3) is 17.4 Å². The van der Waals surface area contributed by atoms with Gasteiger partial charge in [0.1, 0.15) is 16.8 Å². The number of benzene rings is 2. The number of rotatable bonds is 13. The van der Waals surface area contributed by atoms with Gasteiger partial charge in [-0.15, -0.1) is 0 Å². The zero-order chi connectivity index (χ0) is 45.6. The van der Waals surface area contributed by atoms with Crippen molar-refractivity contribution in [1.82, 2.24) is 30.1 Å². The average molecular weight is 910 g/mol. The number of amides is 4. The average Bonchev–Trinajstić information content (AvgIpc) is 3.62. The number of halogens is 1. The summed E-state index contributed by atoms with van der Waals surface area (Å²) in [5, 5.41) is 9.35. The number of hydrogen-bond donors (Lipinski definition) is 3. The van der Waals surface area contributed by atoms with Crippen LogP contribution >= 0.6 is 11.6 Å². The van der Waals surface area contributed by atoms with Gasteiger partial charge in [-0.25, -0.2) is 4.98 Å². The number of nitrogens with zero attached hydrogens (tertiary/aromatic N) is 6. The normalized spacial score (nSPS) is 20.0. The van der Waals surface area contributed by atoms with Crippen molar-refractivity contribution in [3.05, 3.63) is 69.1 Å². The van der Waals surface area contributed by atoms with Crippen molar-refractivity contribution < 1.29 is 33.4 Å². The van der Waals surface area contributed by atoms with Crippen LogP contribution in [-0.4, -0.2) is 108 Å². The minimum absolute atomic E-state index is 0.0907. The Balaban J connectivity index is 0.777. The molecule has 344 valence electrons. The molecule has 3 N–H and O–H groups in total. The van der Waals surface area contributed by atoms with Crippen LogP contribution in [0.3, 0.4) is 0 Å². The van der Waals surface area contributed by atoms with Gasteiger partial charge in [-0.1, -0.05) is 11.6 Å². The molecule has 9 rings (SSSR count). The second-order valence-corrected chi connectivity index (χ2v) is 18.6. The second-order valence-electron chi connectivity index (χ2n) is 18.2. The minimum atomic E-state index is -0.670. The molecule has 65 heavy (non-hydrogen) atoms. The molecule has 5 aliphatic rings. The van der Waals surface area contributed by atoms with Crippen LogP contribution in [0.5, 0.6) is 11.5 Å². The zero-order valence-electron chi connectivity index (χ0n) is 37.3. The van der Waals surface area contributed by atoms with Crippen LogP contribution in [0.4, 0.5) is 23.1 Å². The van der Waals surface area contributed by atoms with Gasteiger partial charge >= 0.3 is 0 Å². The van der Waals surface area contributed by atoms with Gasteiger partial charge in [0.15, 0.2) is 18.2 Å². The number of carbonyl (C=O) groups excluding carboxylic acids is 4. The Labute approximate surface area is 382 Å². The van der Waals surface area contributed by atoms with Gasteiger partial charge in [0.2, 0.25) is 17.8 Å². The Morgan fingerprint density at radius 1 is 0.969 bits per heavy atom. The topological polar surface area (TPSA) is 190 Å². The molecule has 4 fully saturated rings. The summed E-state index contributed by atoms with van der Waals surface area (Å²) >= 11 is 6.62. The smallest absolute Gasteiger partial charge is 0.293 e. The van der Waals surface area contributed by atoms with Crippen molar-refractivity contribution >= 4 is 69.3 Å². The summed E-state index contributed by atoms with van der Waals surface area (Å²) in [6, 6.07) is 10.3. The molecule has 4 aromatic rings. The lowest BCUT2D eigenvalue weighted by Gasteiger charge is -2.55. The Hall–Kier alpha value is -5.94. The number of piperidine rings is 2. The van der Waals surface area contributed by atoms with Crippen LogP contribution in [0.1, 0.15) is 94.1 Å². The van der Waals surface area contributed by atoms with E-state index in [2.05, 4.69) is 30.7 Å². The highest BCUT2D eigenvalue weighted by Gasteiger charge is 2.48. The van der Waals surface area contributed by atoms with Gasteiger partial charge in [0.05, 0.1) is 42.8 Å². The number of carbonyl (C=O) groups is 4. The van der Waals surface area contributed by atoms with Crippen molar-refractivity contribution in [1.29, 1.82) is 0 Å². The lowest BCUT2D eigenvalue weighted by Crippen LogP contribution is -2.58. The number of imide groups is 1. The van der Waals surface area contributed by atoms with Crippen LogP contribution in [0.15, 0.2) is 47.4 Å². The Morgan fingerprint density at radius 3 is 2.43 bits per heavy atom. The molecule has 18 heteroatoms. The monoisotopic (exact) mass is 909 g/mol. The standard InChI is InChI=1S/C47H56ClN9O8/c1-5-63-41-33-23-56(37-10-11-39(58)52-43(37)60)44(61)32(33)7-9-36(41)55-25-47(26-55)16-12-30(13-17-47)65-31-14-18-54(19-15-31)46-50-22-34(48)42(53-46)51-29-6-8-35-28(20-29)21-38(64-24-40(59)49-4)45(62)57(35)27(2)3/h6-9,20-22,27,30-31,37H,5,10-19,23-26H2,1-4H3,(H,49,59)(H,50,51,53)(H,52,58,60). The minimum Gasteiger partial charge on any atom is -0.491 e. The largest absolute Gasteiger partial charge is 0.491 e. The number of aromatic nitrogens is 3. The van der Waals surface area contributed by atoms with E-state index in [4.69, 9.17) is 30.8 Å². The maximum atomic E-state index is 13.5. The molecule has 0 bridgehead atoms. The molecule has 2 aromatic heterocycles. The molecule has 0 radical (unpaired) electrons. The van der Waals surface area contributed by atoms with E-state index in [9.17, 15) is 24.0 Å². The van der Waals surface area contributed by atoms with E-state index < -0.39 is 11.9 Å². The summed E-state index contributed by atoms with van der Waals surface area (Å²) in [6.07, 6.45) is 8.42. The summed E-state index contributed by atoms with van der Waals surface area (Å²) in [7, 11) is 1.51. The van der Waals surface area contributed by atoms with Crippen LogP contribution in [0.25, 0.3) is 10.9 Å². The van der Waals surface area contributed by atoms with Gasteiger partial charge in [0, 0.05) is 73.3 Å². The number of anilines is 4. The van der Waals surface area contributed by atoms with Crippen LogP contribution < -0.4 is 40.8 Å². The fourth-order valence-electron chi connectivity index (χ4n) is 10.2. The molecule has 3 saturated heterocycles. The van der Waals surface area contributed by atoms with Gasteiger partial charge < -0.3 is 44.1 Å². The summed E-state index contributed by atoms with van der Waals surface area (Å²) in [5.74, 6) is 0.598. The molecule has 1 unspecified atom stereocenters. The van der Waals surface area contributed by atoms with Gasteiger partial charge in [-0.05, 0) is 102 Å². The van der Waals surface area contributed by atoms with E-state index in [0.29, 0.717) is 41.1 Å². The lowest BCUT2D eigenvalue weighted by molar-refractivity contribution is -0.137. The van der Waals surface area contributed by atoms with E-state index in [0.717, 1.165) is 92.6 Å². The van der Waals surface area contributed by atoms with Crippen molar-refractivity contribution in [2.24, 2.45) is 5.41 Å². The second kappa shape index (κ2) is 18.1. The highest BCUT2D eigenvalue weighted by Crippen LogP contribution is 2.50. The lowest BCUT2D eigenvalue weighted by atomic mass is 9.67. The van der Waals surface area contributed by atoms with Gasteiger partial charge in [-0.3, -0.25) is 29.3 Å². The van der Waals surface area contributed by atoms with Crippen molar-refractivity contribution in [3.63, 3.8) is 0 Å². The molecule has 1 spiro atoms. The molecule has 1 saturated carbocycles. The summed E-state index contributed by atoms with van der Waals surface area (Å²) in [6.45, 7) is 9.58. The van der Waals surface area contributed by atoms with E-state index in [1.807, 2.05) is 51.1 Å². The van der Waals surface area contributed by atoms with E-state index in [1.54, 1.807) is 21.7 Å². The number of nitrogens with one attached hydrogen (secondary N) is 3. The third-order valence-electron chi connectivity index (χ3n) is 13.6. The van der Waals surface area contributed by atoms with Crippen LogP contribution in [0.2, 0.25) is 5.02 Å². The first-order chi connectivity index (χ1) is 31.3.